The van der Waals surface area contributed by atoms with E-state index in [2.05, 4.69) is 5.32 Å². The predicted octanol–water partition coefficient (Wildman–Crippen LogP) is 2.34. The summed E-state index contributed by atoms with van der Waals surface area (Å²) >= 11 is 0. The second-order valence-corrected chi connectivity index (χ2v) is 5.84. The van der Waals surface area contributed by atoms with Gasteiger partial charge in [-0.15, -0.1) is 0 Å². The minimum atomic E-state index is -0.219. The van der Waals surface area contributed by atoms with Crippen molar-refractivity contribution in [3.63, 3.8) is 0 Å². The van der Waals surface area contributed by atoms with Crippen molar-refractivity contribution in [1.82, 2.24) is 10.2 Å². The molecule has 7 nitrogen and oxygen atoms in total. The highest BCUT2D eigenvalue weighted by Crippen LogP contribution is 2.35. The van der Waals surface area contributed by atoms with Crippen LogP contribution in [0.5, 0.6) is 17.2 Å². The summed E-state index contributed by atoms with van der Waals surface area (Å²) in [5.74, 6) is 0.965. The van der Waals surface area contributed by atoms with Crippen LogP contribution in [-0.4, -0.2) is 52.1 Å². The normalized spacial score (nSPS) is 10.1. The molecule has 0 saturated carbocycles. The number of methoxy groups -OCH3 is 3. The van der Waals surface area contributed by atoms with E-state index in [-0.39, 0.29) is 11.8 Å². The molecule has 0 heterocycles. The van der Waals surface area contributed by atoms with Crippen LogP contribution in [0.25, 0.3) is 0 Å². The maximum atomic E-state index is 12.9. The zero-order chi connectivity index (χ0) is 20.0. The molecule has 0 saturated heterocycles. The Labute approximate surface area is 158 Å². The van der Waals surface area contributed by atoms with Crippen LogP contribution in [0.15, 0.2) is 36.4 Å². The molecular weight excluding hydrogens is 348 g/mol. The van der Waals surface area contributed by atoms with E-state index in [1.54, 1.807) is 43.3 Å². The maximum absolute atomic E-state index is 12.9. The quantitative estimate of drug-likeness (QED) is 0.807. The fourth-order valence-electron chi connectivity index (χ4n) is 2.65. The molecule has 0 aliphatic rings. The smallest absolute Gasteiger partial charge is 0.257 e. The molecule has 0 radical (unpaired) electrons. The van der Waals surface area contributed by atoms with E-state index in [9.17, 15) is 9.59 Å². The van der Waals surface area contributed by atoms with E-state index in [0.29, 0.717) is 34.9 Å². The summed E-state index contributed by atoms with van der Waals surface area (Å²) in [6, 6.07) is 10.3. The van der Waals surface area contributed by atoms with Gasteiger partial charge >= 0.3 is 0 Å². The summed E-state index contributed by atoms with van der Waals surface area (Å²) < 4.78 is 15.9. The van der Waals surface area contributed by atoms with Gasteiger partial charge in [0.05, 0.1) is 26.9 Å². The molecule has 0 fully saturated rings. The number of rotatable bonds is 7. The van der Waals surface area contributed by atoms with Gasteiger partial charge in [0.15, 0.2) is 11.5 Å². The summed E-state index contributed by atoms with van der Waals surface area (Å²) in [6.45, 7) is 0.379. The highest BCUT2D eigenvalue weighted by molar-refractivity contribution is 5.97. The van der Waals surface area contributed by atoms with E-state index in [1.807, 2.05) is 12.1 Å². The van der Waals surface area contributed by atoms with Crippen LogP contribution < -0.4 is 19.5 Å². The molecule has 0 aliphatic heterocycles. The van der Waals surface area contributed by atoms with Gasteiger partial charge in [0, 0.05) is 38.3 Å². The Bertz CT molecular complexity index is 818. The molecule has 0 atom stereocenters. The van der Waals surface area contributed by atoms with Gasteiger partial charge in [0.1, 0.15) is 5.75 Å². The number of carbonyl (C=O) groups is 2. The SMILES string of the molecule is CNC(=O)c1ccc(CN(C)C(=O)c2cc(OC)c(OC)cc2OC)cc1. The standard InChI is InChI=1S/C20H24N2O5/c1-21-19(23)14-8-6-13(7-9-14)12-22(2)20(24)15-10-17(26-4)18(27-5)11-16(15)25-3/h6-11H,12H2,1-5H3,(H,21,23). The predicted molar refractivity (Wildman–Crippen MR) is 102 cm³/mol. The van der Waals surface area contributed by atoms with Crippen LogP contribution in [0.3, 0.4) is 0 Å². The topological polar surface area (TPSA) is 77.1 Å². The molecule has 2 amide bonds. The summed E-state index contributed by atoms with van der Waals surface area (Å²) in [5, 5.41) is 2.57. The summed E-state index contributed by atoms with van der Waals surface area (Å²) in [6.07, 6.45) is 0. The zero-order valence-corrected chi connectivity index (χ0v) is 16.2. The average molecular weight is 372 g/mol. The Morgan fingerprint density at radius 1 is 0.926 bits per heavy atom. The Morgan fingerprint density at radius 2 is 1.48 bits per heavy atom. The number of benzene rings is 2. The molecule has 27 heavy (non-hydrogen) atoms. The fourth-order valence-corrected chi connectivity index (χ4v) is 2.65. The Morgan fingerprint density at radius 3 is 2.00 bits per heavy atom. The van der Waals surface area contributed by atoms with Crippen molar-refractivity contribution in [3.8, 4) is 17.2 Å². The molecule has 2 rings (SSSR count). The lowest BCUT2D eigenvalue weighted by molar-refractivity contribution is 0.0780. The van der Waals surface area contributed by atoms with Gasteiger partial charge in [-0.2, -0.15) is 0 Å². The molecule has 0 unspecified atom stereocenters. The highest BCUT2D eigenvalue weighted by Gasteiger charge is 2.21. The number of nitrogens with one attached hydrogen (secondary N) is 1. The van der Waals surface area contributed by atoms with Crippen molar-refractivity contribution < 1.29 is 23.8 Å². The van der Waals surface area contributed by atoms with Crippen LogP contribution in [0.1, 0.15) is 26.3 Å². The van der Waals surface area contributed by atoms with Crippen molar-refractivity contribution in [2.24, 2.45) is 0 Å². The highest BCUT2D eigenvalue weighted by atomic mass is 16.5. The van der Waals surface area contributed by atoms with Crippen molar-refractivity contribution >= 4 is 11.8 Å². The summed E-state index contributed by atoms with van der Waals surface area (Å²) in [5.41, 5.74) is 1.84. The first-order valence-corrected chi connectivity index (χ1v) is 8.31. The first kappa shape index (κ1) is 20.1. The first-order valence-electron chi connectivity index (χ1n) is 8.31. The Kier molecular flexibility index (Phi) is 6.65. The molecule has 2 aromatic carbocycles. The lowest BCUT2D eigenvalue weighted by Crippen LogP contribution is -2.26. The van der Waals surface area contributed by atoms with E-state index >= 15 is 0 Å². The second-order valence-electron chi connectivity index (χ2n) is 5.84. The van der Waals surface area contributed by atoms with Gasteiger partial charge in [0.2, 0.25) is 0 Å². The van der Waals surface area contributed by atoms with Crippen molar-refractivity contribution in [1.29, 1.82) is 0 Å². The van der Waals surface area contributed by atoms with E-state index < -0.39 is 0 Å². The van der Waals surface area contributed by atoms with E-state index in [4.69, 9.17) is 14.2 Å². The number of hydrogen-bond donors (Lipinski definition) is 1. The number of hydrogen-bond acceptors (Lipinski definition) is 5. The van der Waals surface area contributed by atoms with Gasteiger partial charge in [-0.25, -0.2) is 0 Å². The number of nitrogens with zero attached hydrogens (tertiary/aromatic N) is 1. The summed E-state index contributed by atoms with van der Waals surface area (Å²) in [7, 11) is 7.81. The molecule has 0 bridgehead atoms. The van der Waals surface area contributed by atoms with Crippen molar-refractivity contribution in [2.45, 2.75) is 6.54 Å². The zero-order valence-electron chi connectivity index (χ0n) is 16.2. The number of ether oxygens (including phenoxy) is 3. The van der Waals surface area contributed by atoms with E-state index in [0.717, 1.165) is 5.56 Å². The first-order chi connectivity index (χ1) is 12.9. The van der Waals surface area contributed by atoms with Gasteiger partial charge in [-0.3, -0.25) is 9.59 Å². The number of carbonyl (C=O) groups excluding carboxylic acids is 2. The molecule has 0 aromatic heterocycles. The van der Waals surface area contributed by atoms with Crippen LogP contribution >= 0.6 is 0 Å². The fraction of sp³-hybridized carbons (Fsp3) is 0.300. The molecule has 7 heteroatoms. The van der Waals surface area contributed by atoms with Crippen molar-refractivity contribution in [3.05, 3.63) is 53.1 Å². The largest absolute Gasteiger partial charge is 0.496 e. The van der Waals surface area contributed by atoms with Crippen LogP contribution in [0.4, 0.5) is 0 Å². The van der Waals surface area contributed by atoms with Gasteiger partial charge in [-0.1, -0.05) is 12.1 Å². The molecule has 1 N–H and O–H groups in total. The van der Waals surface area contributed by atoms with Crippen LogP contribution in [-0.2, 0) is 6.54 Å². The maximum Gasteiger partial charge on any atom is 0.257 e. The second kappa shape index (κ2) is 8.93. The van der Waals surface area contributed by atoms with Crippen molar-refractivity contribution in [2.75, 3.05) is 35.4 Å². The Hall–Kier alpha value is -3.22. The average Bonchev–Trinajstić information content (AvgIpc) is 2.71. The third-order valence-electron chi connectivity index (χ3n) is 4.15. The van der Waals surface area contributed by atoms with Gasteiger partial charge in [0.25, 0.3) is 11.8 Å². The third kappa shape index (κ3) is 4.49. The third-order valence-corrected chi connectivity index (χ3v) is 4.15. The van der Waals surface area contributed by atoms with Gasteiger partial charge < -0.3 is 24.4 Å². The lowest BCUT2D eigenvalue weighted by Gasteiger charge is -2.20. The Balaban J connectivity index is 2.23. The minimum Gasteiger partial charge on any atom is -0.496 e. The molecule has 0 aliphatic carbocycles. The van der Waals surface area contributed by atoms with Gasteiger partial charge in [-0.05, 0) is 17.7 Å². The molecule has 2 aromatic rings. The molecule has 144 valence electrons. The molecular formula is C20H24N2O5. The number of amides is 2. The minimum absolute atomic E-state index is 0.152. The monoisotopic (exact) mass is 372 g/mol. The van der Waals surface area contributed by atoms with E-state index in [1.165, 1.54) is 21.3 Å². The summed E-state index contributed by atoms with van der Waals surface area (Å²) in [4.78, 5) is 26.1. The molecule has 0 spiro atoms. The van der Waals surface area contributed by atoms with Crippen LogP contribution in [0.2, 0.25) is 0 Å². The lowest BCUT2D eigenvalue weighted by atomic mass is 10.1. The van der Waals surface area contributed by atoms with Crippen LogP contribution in [0, 0.1) is 0 Å².